The second-order valence-electron chi connectivity index (χ2n) is 6.94. The number of rotatable bonds is 9. The molecule has 174 valence electrons. The molecule has 0 aliphatic carbocycles. The van der Waals surface area contributed by atoms with E-state index < -0.39 is 23.6 Å². The summed E-state index contributed by atoms with van der Waals surface area (Å²) in [5.74, 6) is 0.0830. The lowest BCUT2D eigenvalue weighted by Crippen LogP contribution is -2.36. The number of carbonyl (C=O) groups excluding carboxylic acids is 3. The number of thioether (sulfide) groups is 1. The number of carbonyl (C=O) groups is 3. The summed E-state index contributed by atoms with van der Waals surface area (Å²) in [6.07, 6.45) is 2.44. The smallest absolute Gasteiger partial charge is 0.294 e. The molecule has 3 rings (SSSR count). The Bertz CT molecular complexity index is 1110. The number of halogens is 2. The second kappa shape index (κ2) is 11.6. The van der Waals surface area contributed by atoms with E-state index in [1.54, 1.807) is 42.5 Å². The van der Waals surface area contributed by atoms with Crippen molar-refractivity contribution in [3.05, 3.63) is 56.4 Å². The highest BCUT2D eigenvalue weighted by Gasteiger charge is 2.36. The molecule has 0 bridgehead atoms. The van der Waals surface area contributed by atoms with Gasteiger partial charge in [0, 0.05) is 10.7 Å². The van der Waals surface area contributed by atoms with E-state index >= 15 is 0 Å². The lowest BCUT2D eigenvalue weighted by atomic mass is 10.2. The molecule has 0 radical (unpaired) electrons. The summed E-state index contributed by atoms with van der Waals surface area (Å²) in [5, 5.41) is 2.58. The first-order valence-electron chi connectivity index (χ1n) is 10.2. The molecular weight excluding hydrogens is 532 g/mol. The Kier molecular flexibility index (Phi) is 8.82. The fourth-order valence-corrected chi connectivity index (χ4v) is 4.58. The van der Waals surface area contributed by atoms with Gasteiger partial charge < -0.3 is 14.8 Å². The molecule has 33 heavy (non-hydrogen) atoms. The highest BCUT2D eigenvalue weighted by atomic mass is 79.9. The van der Waals surface area contributed by atoms with E-state index in [-0.39, 0.29) is 4.91 Å². The van der Waals surface area contributed by atoms with Gasteiger partial charge in [0.2, 0.25) is 5.91 Å². The fourth-order valence-electron chi connectivity index (χ4n) is 2.98. The van der Waals surface area contributed by atoms with Crippen molar-refractivity contribution < 1.29 is 23.9 Å². The van der Waals surface area contributed by atoms with E-state index in [2.05, 4.69) is 21.2 Å². The van der Waals surface area contributed by atoms with Crippen LogP contribution in [0.3, 0.4) is 0 Å². The SMILES string of the molecule is CCCOc1c(Br)cc(/C=C2\SC(=O)N(CC(=O)Nc3cccc(Cl)c3)C2=O)cc1OCC. The molecule has 0 spiro atoms. The van der Waals surface area contributed by atoms with Crippen LogP contribution in [0.25, 0.3) is 6.08 Å². The van der Waals surface area contributed by atoms with Gasteiger partial charge in [0.15, 0.2) is 11.5 Å². The highest BCUT2D eigenvalue weighted by molar-refractivity contribution is 9.10. The van der Waals surface area contributed by atoms with Crippen LogP contribution in [0.15, 0.2) is 45.8 Å². The lowest BCUT2D eigenvalue weighted by Gasteiger charge is -2.14. The third-order valence-electron chi connectivity index (χ3n) is 4.36. The van der Waals surface area contributed by atoms with Gasteiger partial charge in [0.05, 0.1) is 22.6 Å². The molecule has 1 aliphatic rings. The van der Waals surface area contributed by atoms with Gasteiger partial charge in [-0.1, -0.05) is 24.6 Å². The molecule has 10 heteroatoms. The standard InChI is InChI=1S/C23H22BrClN2O5S/c1-3-8-32-21-17(24)9-14(10-18(21)31-4-2)11-19-22(29)27(23(30)33-19)13-20(28)26-16-7-5-6-15(25)12-16/h5-7,9-12H,3-4,8,13H2,1-2H3,(H,26,28)/b19-11-. The maximum atomic E-state index is 12.8. The Balaban J connectivity index is 1.76. The molecule has 2 aromatic carbocycles. The van der Waals surface area contributed by atoms with Crippen molar-refractivity contribution in [2.45, 2.75) is 20.3 Å². The Morgan fingerprint density at radius 1 is 1.21 bits per heavy atom. The van der Waals surface area contributed by atoms with Crippen LogP contribution in [0, 0.1) is 0 Å². The summed E-state index contributed by atoms with van der Waals surface area (Å²) in [7, 11) is 0. The third kappa shape index (κ3) is 6.52. The lowest BCUT2D eigenvalue weighted by molar-refractivity contribution is -0.127. The first kappa shape index (κ1) is 25.1. The number of ether oxygens (including phenoxy) is 2. The molecule has 1 N–H and O–H groups in total. The first-order valence-corrected chi connectivity index (χ1v) is 12.2. The molecule has 1 fully saturated rings. The van der Waals surface area contributed by atoms with E-state index in [0.717, 1.165) is 23.1 Å². The molecule has 1 aliphatic heterocycles. The van der Waals surface area contributed by atoms with Gasteiger partial charge in [0.1, 0.15) is 6.54 Å². The van der Waals surface area contributed by atoms with Gasteiger partial charge in [-0.3, -0.25) is 19.3 Å². The summed E-state index contributed by atoms with van der Waals surface area (Å²) in [4.78, 5) is 38.7. The van der Waals surface area contributed by atoms with Crippen molar-refractivity contribution >= 4 is 68.1 Å². The molecule has 7 nitrogen and oxygen atoms in total. The van der Waals surface area contributed by atoms with Crippen LogP contribution in [0.1, 0.15) is 25.8 Å². The van der Waals surface area contributed by atoms with Crippen LogP contribution in [-0.2, 0) is 9.59 Å². The van der Waals surface area contributed by atoms with Gasteiger partial charge in [0.25, 0.3) is 11.1 Å². The number of hydrogen-bond donors (Lipinski definition) is 1. The number of anilines is 1. The topological polar surface area (TPSA) is 84.9 Å². The van der Waals surface area contributed by atoms with Crippen LogP contribution in [0.4, 0.5) is 10.5 Å². The van der Waals surface area contributed by atoms with Crippen molar-refractivity contribution in [3.63, 3.8) is 0 Å². The van der Waals surface area contributed by atoms with Crippen LogP contribution in [0.5, 0.6) is 11.5 Å². The minimum Gasteiger partial charge on any atom is -0.490 e. The summed E-state index contributed by atoms with van der Waals surface area (Å²) in [6, 6.07) is 10.1. The normalized spacial score (nSPS) is 14.7. The van der Waals surface area contributed by atoms with Crippen molar-refractivity contribution in [1.29, 1.82) is 0 Å². The van der Waals surface area contributed by atoms with E-state index in [1.807, 2.05) is 13.8 Å². The number of hydrogen-bond acceptors (Lipinski definition) is 6. The number of imide groups is 1. The predicted octanol–water partition coefficient (Wildman–Crippen LogP) is 5.97. The van der Waals surface area contributed by atoms with Crippen molar-refractivity contribution in [3.8, 4) is 11.5 Å². The second-order valence-corrected chi connectivity index (χ2v) is 9.22. The minimum atomic E-state index is -0.536. The monoisotopic (exact) mass is 552 g/mol. The number of amides is 3. The molecular formula is C23H22BrClN2O5S. The molecule has 1 saturated heterocycles. The summed E-state index contributed by atoms with van der Waals surface area (Å²) in [6.45, 7) is 4.45. The quantitative estimate of drug-likeness (QED) is 0.386. The van der Waals surface area contributed by atoms with Crippen molar-refractivity contribution in [2.75, 3.05) is 25.1 Å². The average molecular weight is 554 g/mol. The fraction of sp³-hybridized carbons (Fsp3) is 0.261. The minimum absolute atomic E-state index is 0.215. The molecule has 2 aromatic rings. The zero-order valence-corrected chi connectivity index (χ0v) is 21.2. The van der Waals surface area contributed by atoms with Crippen LogP contribution in [0.2, 0.25) is 5.02 Å². The molecule has 0 aromatic heterocycles. The maximum Gasteiger partial charge on any atom is 0.294 e. The first-order chi connectivity index (χ1) is 15.8. The Morgan fingerprint density at radius 3 is 2.70 bits per heavy atom. The maximum absolute atomic E-state index is 12.8. The molecule has 0 atom stereocenters. The summed E-state index contributed by atoms with van der Waals surface area (Å²) in [5.41, 5.74) is 1.14. The Hall–Kier alpha value is -2.49. The Morgan fingerprint density at radius 2 is 2.00 bits per heavy atom. The van der Waals surface area contributed by atoms with E-state index in [4.69, 9.17) is 21.1 Å². The average Bonchev–Trinajstić information content (AvgIpc) is 3.00. The van der Waals surface area contributed by atoms with E-state index in [9.17, 15) is 14.4 Å². The third-order valence-corrected chi connectivity index (χ3v) is 6.10. The van der Waals surface area contributed by atoms with Gasteiger partial charge >= 0.3 is 0 Å². The largest absolute Gasteiger partial charge is 0.490 e. The van der Waals surface area contributed by atoms with E-state index in [0.29, 0.717) is 45.5 Å². The zero-order valence-electron chi connectivity index (χ0n) is 18.0. The van der Waals surface area contributed by atoms with Crippen LogP contribution in [-0.4, -0.2) is 41.7 Å². The molecule has 0 saturated carbocycles. The van der Waals surface area contributed by atoms with E-state index in [1.165, 1.54) is 0 Å². The Labute approximate surface area is 209 Å². The van der Waals surface area contributed by atoms with Gasteiger partial charge in [-0.25, -0.2) is 0 Å². The van der Waals surface area contributed by atoms with Crippen molar-refractivity contribution in [2.24, 2.45) is 0 Å². The van der Waals surface area contributed by atoms with Crippen LogP contribution >= 0.6 is 39.3 Å². The highest BCUT2D eigenvalue weighted by Crippen LogP contribution is 2.39. The number of nitrogens with one attached hydrogen (secondary N) is 1. The summed E-state index contributed by atoms with van der Waals surface area (Å²) >= 11 is 10.2. The number of benzene rings is 2. The number of nitrogens with zero attached hydrogens (tertiary/aromatic N) is 1. The van der Waals surface area contributed by atoms with Gasteiger partial charge in [-0.15, -0.1) is 0 Å². The predicted molar refractivity (Wildman–Crippen MR) is 134 cm³/mol. The van der Waals surface area contributed by atoms with Crippen LogP contribution < -0.4 is 14.8 Å². The molecule has 0 unspecified atom stereocenters. The van der Waals surface area contributed by atoms with Gasteiger partial charge in [-0.05, 0) is 83.0 Å². The summed E-state index contributed by atoms with van der Waals surface area (Å²) < 4.78 is 12.1. The van der Waals surface area contributed by atoms with Crippen molar-refractivity contribution in [1.82, 2.24) is 4.90 Å². The van der Waals surface area contributed by atoms with Gasteiger partial charge in [-0.2, -0.15) is 0 Å². The molecule has 1 heterocycles. The molecule has 3 amide bonds. The zero-order chi connectivity index (χ0) is 24.0.